The van der Waals surface area contributed by atoms with E-state index in [1.54, 1.807) is 12.1 Å². The molecule has 150 valence electrons. The molecule has 4 rings (SSSR count). The summed E-state index contributed by atoms with van der Waals surface area (Å²) in [7, 11) is 0. The van der Waals surface area contributed by atoms with E-state index in [1.165, 1.54) is 11.8 Å². The molecule has 6 nitrogen and oxygen atoms in total. The van der Waals surface area contributed by atoms with E-state index >= 15 is 0 Å². The monoisotopic (exact) mass is 417 g/mol. The number of hydrogen-bond donors (Lipinski definition) is 2. The Kier molecular flexibility index (Phi) is 5.87. The summed E-state index contributed by atoms with van der Waals surface area (Å²) in [6, 6.07) is 17.2. The number of terminal acetylenes is 1. The number of nitrogens with one attached hydrogen (secondary N) is 2. The number of H-pyrrole nitrogens is 1. The minimum atomic E-state index is -0.375. The molecule has 2 aromatic carbocycles. The van der Waals surface area contributed by atoms with Crippen molar-refractivity contribution in [2.75, 3.05) is 11.9 Å². The van der Waals surface area contributed by atoms with Crippen molar-refractivity contribution in [1.82, 2.24) is 9.97 Å². The van der Waals surface area contributed by atoms with Crippen molar-refractivity contribution in [1.29, 1.82) is 0 Å². The normalized spacial score (nSPS) is 15.0. The van der Waals surface area contributed by atoms with Gasteiger partial charge in [0.25, 0.3) is 5.56 Å². The smallest absolute Gasteiger partial charge is 0.257 e. The van der Waals surface area contributed by atoms with E-state index in [0.717, 1.165) is 11.1 Å². The number of hydrogen-bond acceptors (Lipinski definition) is 5. The maximum absolute atomic E-state index is 12.9. The van der Waals surface area contributed by atoms with Gasteiger partial charge in [-0.05, 0) is 23.3 Å². The number of benzene rings is 2. The van der Waals surface area contributed by atoms with Gasteiger partial charge in [-0.3, -0.25) is 9.59 Å². The fourth-order valence-electron chi connectivity index (χ4n) is 3.35. The second-order valence-corrected chi connectivity index (χ2v) is 7.74. The van der Waals surface area contributed by atoms with Crippen LogP contribution in [0.2, 0.25) is 0 Å². The van der Waals surface area contributed by atoms with Crippen LogP contribution in [0.3, 0.4) is 0 Å². The molecular weight excluding hydrogens is 398 g/mol. The Morgan fingerprint density at radius 2 is 1.90 bits per heavy atom. The first kappa shape index (κ1) is 19.8. The lowest BCUT2D eigenvalue weighted by Gasteiger charge is -2.24. The summed E-state index contributed by atoms with van der Waals surface area (Å²) in [5.41, 5.74) is 2.19. The Balaban J connectivity index is 1.60. The third-order valence-corrected chi connectivity index (χ3v) is 5.70. The first-order valence-electron chi connectivity index (χ1n) is 9.41. The summed E-state index contributed by atoms with van der Waals surface area (Å²) in [4.78, 5) is 32.6. The highest BCUT2D eigenvalue weighted by molar-refractivity contribution is 7.98. The SMILES string of the molecule is C#CCOc1ccc([C@@H]2CC(=O)Nc3nc(SCc4ccccc4)[nH]c(=O)c32)cc1. The maximum atomic E-state index is 12.9. The van der Waals surface area contributed by atoms with Crippen molar-refractivity contribution in [2.45, 2.75) is 23.2 Å². The third kappa shape index (κ3) is 4.39. The predicted molar refractivity (Wildman–Crippen MR) is 117 cm³/mol. The average molecular weight is 417 g/mol. The number of carbonyl (C=O) groups is 1. The van der Waals surface area contributed by atoms with Gasteiger partial charge in [0.1, 0.15) is 18.2 Å². The van der Waals surface area contributed by atoms with Crippen LogP contribution in [0.25, 0.3) is 0 Å². The van der Waals surface area contributed by atoms with Crippen molar-refractivity contribution in [3.63, 3.8) is 0 Å². The molecule has 0 saturated carbocycles. The molecule has 30 heavy (non-hydrogen) atoms. The van der Waals surface area contributed by atoms with E-state index in [-0.39, 0.29) is 30.4 Å². The summed E-state index contributed by atoms with van der Waals surface area (Å²) in [6.07, 6.45) is 5.39. The number of fused-ring (bicyclic) bond motifs is 1. The highest BCUT2D eigenvalue weighted by atomic mass is 32.2. The van der Waals surface area contributed by atoms with Gasteiger partial charge in [0.2, 0.25) is 5.91 Å². The van der Waals surface area contributed by atoms with E-state index in [9.17, 15) is 9.59 Å². The van der Waals surface area contributed by atoms with Crippen molar-refractivity contribution in [3.05, 3.63) is 81.6 Å². The zero-order chi connectivity index (χ0) is 20.9. The van der Waals surface area contributed by atoms with Crippen molar-refractivity contribution < 1.29 is 9.53 Å². The van der Waals surface area contributed by atoms with Crippen LogP contribution in [-0.4, -0.2) is 22.5 Å². The number of anilines is 1. The van der Waals surface area contributed by atoms with Crippen LogP contribution < -0.4 is 15.6 Å². The van der Waals surface area contributed by atoms with Gasteiger partial charge in [-0.15, -0.1) is 6.42 Å². The molecule has 3 aromatic rings. The molecule has 0 aliphatic carbocycles. The molecule has 0 unspecified atom stereocenters. The third-order valence-electron chi connectivity index (χ3n) is 4.75. The topological polar surface area (TPSA) is 84.1 Å². The van der Waals surface area contributed by atoms with Crippen LogP contribution in [0.4, 0.5) is 5.82 Å². The summed E-state index contributed by atoms with van der Waals surface area (Å²) in [5, 5.41) is 3.22. The van der Waals surface area contributed by atoms with E-state index in [0.29, 0.717) is 28.0 Å². The van der Waals surface area contributed by atoms with Crippen LogP contribution >= 0.6 is 11.8 Å². The highest BCUT2D eigenvalue weighted by Crippen LogP contribution is 2.35. The zero-order valence-electron chi connectivity index (χ0n) is 16.1. The molecule has 7 heteroatoms. The summed E-state index contributed by atoms with van der Waals surface area (Å²) in [5.74, 6) is 3.50. The van der Waals surface area contributed by atoms with Crippen LogP contribution in [0.15, 0.2) is 64.5 Å². The van der Waals surface area contributed by atoms with Gasteiger partial charge < -0.3 is 15.0 Å². The van der Waals surface area contributed by atoms with E-state index in [2.05, 4.69) is 21.2 Å². The molecule has 0 bridgehead atoms. The summed E-state index contributed by atoms with van der Waals surface area (Å²) in [6.45, 7) is 0.182. The second kappa shape index (κ2) is 8.89. The number of aromatic nitrogens is 2. The minimum absolute atomic E-state index is 0.169. The molecule has 2 N–H and O–H groups in total. The molecule has 1 amide bonds. The highest BCUT2D eigenvalue weighted by Gasteiger charge is 2.31. The quantitative estimate of drug-likeness (QED) is 0.364. The van der Waals surface area contributed by atoms with Crippen LogP contribution in [-0.2, 0) is 10.5 Å². The lowest BCUT2D eigenvalue weighted by atomic mass is 9.87. The molecule has 1 aliphatic rings. The van der Waals surface area contributed by atoms with Crippen LogP contribution in [0.1, 0.15) is 29.0 Å². The van der Waals surface area contributed by atoms with Crippen molar-refractivity contribution in [2.24, 2.45) is 0 Å². The van der Waals surface area contributed by atoms with E-state index < -0.39 is 0 Å². The van der Waals surface area contributed by atoms with E-state index in [4.69, 9.17) is 11.2 Å². The summed E-state index contributed by atoms with van der Waals surface area (Å²) < 4.78 is 5.39. The van der Waals surface area contributed by atoms with Crippen molar-refractivity contribution >= 4 is 23.5 Å². The molecule has 2 heterocycles. The number of ether oxygens (including phenoxy) is 1. The first-order chi connectivity index (χ1) is 14.6. The van der Waals surface area contributed by atoms with Crippen LogP contribution in [0.5, 0.6) is 5.75 Å². The lowest BCUT2D eigenvalue weighted by Crippen LogP contribution is -2.31. The first-order valence-corrected chi connectivity index (χ1v) is 10.4. The molecule has 1 atom stereocenters. The number of nitrogens with zero attached hydrogens (tertiary/aromatic N) is 1. The molecular formula is C23H19N3O3S. The molecule has 0 fully saturated rings. The Morgan fingerprint density at radius 1 is 1.13 bits per heavy atom. The zero-order valence-corrected chi connectivity index (χ0v) is 16.9. The molecule has 0 radical (unpaired) electrons. The van der Waals surface area contributed by atoms with Gasteiger partial charge in [0.15, 0.2) is 5.16 Å². The average Bonchev–Trinajstić information content (AvgIpc) is 2.76. The van der Waals surface area contributed by atoms with Crippen LogP contribution in [0, 0.1) is 12.3 Å². The fourth-order valence-corrected chi connectivity index (χ4v) is 4.17. The van der Waals surface area contributed by atoms with Gasteiger partial charge in [-0.1, -0.05) is 60.1 Å². The number of rotatable bonds is 6. The minimum Gasteiger partial charge on any atom is -0.481 e. The molecule has 0 spiro atoms. The van der Waals surface area contributed by atoms with Gasteiger partial charge in [0.05, 0.1) is 5.56 Å². The molecule has 1 aromatic heterocycles. The Morgan fingerprint density at radius 3 is 2.63 bits per heavy atom. The molecule has 0 saturated heterocycles. The maximum Gasteiger partial charge on any atom is 0.257 e. The molecule has 1 aliphatic heterocycles. The number of aromatic amines is 1. The standard InChI is InChI=1S/C23H19N3O3S/c1-2-12-29-17-10-8-16(9-11-17)18-13-19(27)24-21-20(18)22(28)26-23(25-21)30-14-15-6-4-3-5-7-15/h1,3-11,18H,12-14H2,(H2,24,25,26,27,28)/t18-/m0/s1. The Labute approximate surface area is 178 Å². The van der Waals surface area contributed by atoms with Gasteiger partial charge in [-0.25, -0.2) is 4.98 Å². The van der Waals surface area contributed by atoms with Gasteiger partial charge in [0, 0.05) is 18.1 Å². The van der Waals surface area contributed by atoms with E-state index in [1.807, 2.05) is 42.5 Å². The van der Waals surface area contributed by atoms with Gasteiger partial charge >= 0.3 is 0 Å². The van der Waals surface area contributed by atoms with Gasteiger partial charge in [-0.2, -0.15) is 0 Å². The number of thioether (sulfide) groups is 1. The largest absolute Gasteiger partial charge is 0.481 e. The Hall–Kier alpha value is -3.50. The Bertz CT molecular complexity index is 1150. The fraction of sp³-hybridized carbons (Fsp3) is 0.174. The number of amides is 1. The second-order valence-electron chi connectivity index (χ2n) is 6.77. The number of carbonyl (C=O) groups excluding carboxylic acids is 1. The lowest BCUT2D eigenvalue weighted by molar-refractivity contribution is -0.116. The summed E-state index contributed by atoms with van der Waals surface area (Å²) >= 11 is 1.42. The predicted octanol–water partition coefficient (Wildman–Crippen LogP) is 3.55. The van der Waals surface area contributed by atoms with Crippen molar-refractivity contribution in [3.8, 4) is 18.1 Å².